The van der Waals surface area contributed by atoms with Crippen molar-refractivity contribution in [3.63, 3.8) is 0 Å². The molecule has 7 heteroatoms. The van der Waals surface area contributed by atoms with Gasteiger partial charge in [0.2, 0.25) is 5.91 Å². The van der Waals surface area contributed by atoms with E-state index >= 15 is 0 Å². The van der Waals surface area contributed by atoms with Crippen LogP contribution in [0.5, 0.6) is 0 Å². The van der Waals surface area contributed by atoms with Gasteiger partial charge in [0.05, 0.1) is 11.5 Å². The number of guanidine groups is 1. The topological polar surface area (TPSA) is 82.5 Å². The summed E-state index contributed by atoms with van der Waals surface area (Å²) in [5.74, 6) is -0.687. The van der Waals surface area contributed by atoms with E-state index in [0.29, 0.717) is 11.1 Å². The largest absolute Gasteiger partial charge is 0.369 e. The van der Waals surface area contributed by atoms with Gasteiger partial charge in [-0.2, -0.15) is 5.26 Å². The zero-order valence-electron chi connectivity index (χ0n) is 15.7. The molecule has 0 fully saturated rings. The molecule has 1 aromatic heterocycles. The highest BCUT2D eigenvalue weighted by Crippen LogP contribution is 2.46. The van der Waals surface area contributed by atoms with Crippen molar-refractivity contribution < 1.29 is 9.18 Å². The monoisotopic (exact) mass is 384 g/mol. The second-order valence-electron chi connectivity index (χ2n) is 7.35. The Kier molecular flexibility index (Phi) is 4.56. The van der Waals surface area contributed by atoms with E-state index < -0.39 is 17.1 Å². The molecule has 27 heavy (non-hydrogen) atoms. The second-order valence-corrected chi connectivity index (χ2v) is 8.26. The van der Waals surface area contributed by atoms with Crippen LogP contribution in [0.2, 0.25) is 0 Å². The van der Waals surface area contributed by atoms with Crippen molar-refractivity contribution in [3.8, 4) is 6.07 Å². The quantitative estimate of drug-likeness (QED) is 0.877. The second kappa shape index (κ2) is 6.46. The van der Waals surface area contributed by atoms with Gasteiger partial charge in [-0.3, -0.25) is 9.69 Å². The lowest BCUT2D eigenvalue weighted by molar-refractivity contribution is -0.130. The fourth-order valence-electron chi connectivity index (χ4n) is 3.32. The van der Waals surface area contributed by atoms with Gasteiger partial charge < -0.3 is 5.73 Å². The molecule has 1 amide bonds. The van der Waals surface area contributed by atoms with Gasteiger partial charge in [0.25, 0.3) is 0 Å². The molecule has 0 saturated heterocycles. The van der Waals surface area contributed by atoms with Gasteiger partial charge in [-0.15, -0.1) is 11.3 Å². The lowest BCUT2D eigenvalue weighted by Gasteiger charge is -2.40. The van der Waals surface area contributed by atoms with Crippen molar-refractivity contribution in [2.24, 2.45) is 10.7 Å². The van der Waals surface area contributed by atoms with Crippen LogP contribution in [0, 0.1) is 11.3 Å². The van der Waals surface area contributed by atoms with Gasteiger partial charge in [0.1, 0.15) is 17.3 Å². The lowest BCUT2D eigenvalue weighted by atomic mass is 9.77. The van der Waals surface area contributed by atoms with Crippen molar-refractivity contribution in [2.45, 2.75) is 37.9 Å². The number of aliphatic imine (C=N–C) groups is 1. The maximum atomic E-state index is 14.2. The maximum absolute atomic E-state index is 14.2. The minimum absolute atomic E-state index is 0.132. The third-order valence-electron chi connectivity index (χ3n) is 4.99. The Morgan fingerprint density at radius 2 is 2.00 bits per heavy atom. The Labute approximate surface area is 161 Å². The highest BCUT2D eigenvalue weighted by molar-refractivity contribution is 7.10. The molecule has 0 bridgehead atoms. The summed E-state index contributed by atoms with van der Waals surface area (Å²) in [6, 6.07) is 10.8. The van der Waals surface area contributed by atoms with Crippen LogP contribution in [0.3, 0.4) is 0 Å². The standard InChI is InChI=1S/C20H21FN4OS/c1-19(2,21)14-7-5-13(6-8-14)16-17(26)25(4)18(23)24-20(16,3)15-9-12(10-22)11-27-15/h5-9,11,16H,1-4H3,(H2,23,24)/t16-,20+/m0/s1. The van der Waals surface area contributed by atoms with Crippen molar-refractivity contribution in [3.05, 3.63) is 57.3 Å². The van der Waals surface area contributed by atoms with Gasteiger partial charge in [0, 0.05) is 17.3 Å². The highest BCUT2D eigenvalue weighted by Gasteiger charge is 2.48. The number of hydrogen-bond donors (Lipinski definition) is 1. The third kappa shape index (κ3) is 3.21. The van der Waals surface area contributed by atoms with E-state index in [4.69, 9.17) is 11.0 Å². The fourth-order valence-corrected chi connectivity index (χ4v) is 4.29. The van der Waals surface area contributed by atoms with E-state index in [0.717, 1.165) is 10.4 Å². The summed E-state index contributed by atoms with van der Waals surface area (Å²) in [6.45, 7) is 4.83. The summed E-state index contributed by atoms with van der Waals surface area (Å²) in [7, 11) is 1.59. The van der Waals surface area contributed by atoms with Gasteiger partial charge in [-0.1, -0.05) is 24.3 Å². The smallest absolute Gasteiger partial charge is 0.239 e. The first-order chi connectivity index (χ1) is 12.6. The number of nitrogens with zero attached hydrogens (tertiary/aromatic N) is 3. The van der Waals surface area contributed by atoms with E-state index in [1.165, 1.54) is 30.1 Å². The Morgan fingerprint density at radius 1 is 1.37 bits per heavy atom. The number of thiophene rings is 1. The Bertz CT molecular complexity index is 952. The Hall–Kier alpha value is -2.72. The third-order valence-corrected chi connectivity index (χ3v) is 6.14. The van der Waals surface area contributed by atoms with Crippen LogP contribution >= 0.6 is 11.3 Å². The predicted molar refractivity (Wildman–Crippen MR) is 104 cm³/mol. The summed E-state index contributed by atoms with van der Waals surface area (Å²) < 4.78 is 14.2. The molecular weight excluding hydrogens is 363 g/mol. The molecule has 1 aliphatic heterocycles. The number of likely N-dealkylation sites (N-methyl/N-ethyl adjacent to an activating group) is 1. The minimum Gasteiger partial charge on any atom is -0.369 e. The molecule has 0 aliphatic carbocycles. The first-order valence-corrected chi connectivity index (χ1v) is 9.37. The number of nitrogens with two attached hydrogens (primary N) is 1. The molecule has 0 unspecified atom stereocenters. The van der Waals surface area contributed by atoms with Gasteiger partial charge >= 0.3 is 0 Å². The molecule has 0 spiro atoms. The predicted octanol–water partition coefficient (Wildman–Crippen LogP) is 3.61. The zero-order valence-corrected chi connectivity index (χ0v) is 16.5. The number of rotatable bonds is 3. The first kappa shape index (κ1) is 19.1. The lowest BCUT2D eigenvalue weighted by Crippen LogP contribution is -2.52. The molecule has 2 aromatic rings. The molecule has 2 atom stereocenters. The number of halogens is 1. The molecule has 1 aliphatic rings. The SMILES string of the molecule is CN1C(=O)[C@H](c2ccc(C(C)(C)F)cc2)[C@@](C)(c2cc(C#N)cs2)N=C1N. The number of nitriles is 1. The number of amides is 1. The molecule has 140 valence electrons. The molecule has 2 heterocycles. The molecule has 0 saturated carbocycles. The molecule has 5 nitrogen and oxygen atoms in total. The van der Waals surface area contributed by atoms with Crippen LogP contribution in [0.4, 0.5) is 4.39 Å². The maximum Gasteiger partial charge on any atom is 0.239 e. The van der Waals surface area contributed by atoms with Crippen molar-refractivity contribution >= 4 is 23.2 Å². The summed E-state index contributed by atoms with van der Waals surface area (Å²) in [5, 5.41) is 10.9. The number of alkyl halides is 1. The Balaban J connectivity index is 2.15. The van der Waals surface area contributed by atoms with Crippen LogP contribution in [-0.4, -0.2) is 23.8 Å². The Morgan fingerprint density at radius 3 is 2.52 bits per heavy atom. The average Bonchev–Trinajstić information content (AvgIpc) is 3.09. The summed E-state index contributed by atoms with van der Waals surface area (Å²) >= 11 is 1.37. The number of carbonyl (C=O) groups excluding carboxylic acids is 1. The van der Waals surface area contributed by atoms with Crippen molar-refractivity contribution in [2.75, 3.05) is 7.05 Å². The molecule has 2 N–H and O–H groups in total. The minimum atomic E-state index is -1.47. The highest BCUT2D eigenvalue weighted by atomic mass is 32.1. The zero-order chi connectivity index (χ0) is 20.0. The van der Waals surface area contributed by atoms with E-state index in [9.17, 15) is 9.18 Å². The summed E-state index contributed by atoms with van der Waals surface area (Å²) in [5.41, 5.74) is 5.36. The normalized spacial score (nSPS) is 23.1. The van der Waals surface area contributed by atoms with Crippen LogP contribution in [-0.2, 0) is 16.0 Å². The first-order valence-electron chi connectivity index (χ1n) is 8.49. The van der Waals surface area contributed by atoms with E-state index in [1.807, 2.05) is 6.92 Å². The van der Waals surface area contributed by atoms with E-state index in [2.05, 4.69) is 11.1 Å². The average molecular weight is 384 g/mol. The molecule has 0 radical (unpaired) electrons. The van der Waals surface area contributed by atoms with Crippen LogP contribution < -0.4 is 5.73 Å². The molecular formula is C20H21FN4OS. The van der Waals surface area contributed by atoms with E-state index in [-0.39, 0.29) is 11.9 Å². The number of benzene rings is 1. The molecule has 1 aromatic carbocycles. The van der Waals surface area contributed by atoms with Crippen LogP contribution in [0.15, 0.2) is 40.7 Å². The summed E-state index contributed by atoms with van der Waals surface area (Å²) in [6.07, 6.45) is 0. The van der Waals surface area contributed by atoms with Gasteiger partial charge in [-0.05, 0) is 38.0 Å². The van der Waals surface area contributed by atoms with Crippen molar-refractivity contribution in [1.29, 1.82) is 5.26 Å². The number of carbonyl (C=O) groups is 1. The van der Waals surface area contributed by atoms with Gasteiger partial charge in [-0.25, -0.2) is 9.38 Å². The van der Waals surface area contributed by atoms with Crippen LogP contribution in [0.25, 0.3) is 0 Å². The summed E-state index contributed by atoms with van der Waals surface area (Å²) in [4.78, 5) is 19.8. The molecule has 3 rings (SSSR count). The van der Waals surface area contributed by atoms with Crippen molar-refractivity contribution in [1.82, 2.24) is 4.90 Å². The van der Waals surface area contributed by atoms with Crippen LogP contribution in [0.1, 0.15) is 48.3 Å². The van der Waals surface area contributed by atoms with Gasteiger partial charge in [0.15, 0.2) is 5.96 Å². The number of hydrogen-bond acceptors (Lipinski definition) is 5. The fraction of sp³-hybridized carbons (Fsp3) is 0.350. The van der Waals surface area contributed by atoms with E-state index in [1.54, 1.807) is 42.8 Å².